The van der Waals surface area contributed by atoms with Crippen molar-refractivity contribution in [2.45, 2.75) is 6.42 Å². The Kier molecular flexibility index (Phi) is 2.41. The summed E-state index contributed by atoms with van der Waals surface area (Å²) < 4.78 is 0. The summed E-state index contributed by atoms with van der Waals surface area (Å²) in [7, 11) is 0. The van der Waals surface area contributed by atoms with E-state index in [9.17, 15) is 0 Å². The Hall–Kier alpha value is -1.48. The lowest BCUT2D eigenvalue weighted by atomic mass is 10.1. The van der Waals surface area contributed by atoms with E-state index in [4.69, 9.17) is 18.0 Å². The second-order valence-electron chi connectivity index (χ2n) is 3.17. The van der Waals surface area contributed by atoms with Crippen LogP contribution in [0.1, 0.15) is 5.56 Å². The van der Waals surface area contributed by atoms with E-state index >= 15 is 0 Å². The molecule has 0 saturated heterocycles. The molecule has 0 aliphatic carbocycles. The molecule has 0 bridgehead atoms. The molecule has 0 fully saturated rings. The second kappa shape index (κ2) is 3.72. The summed E-state index contributed by atoms with van der Waals surface area (Å²) in [4.78, 5) is 4.78. The van der Waals surface area contributed by atoms with Crippen LogP contribution in [-0.2, 0) is 6.42 Å². The average molecular weight is 202 g/mol. The topological polar surface area (TPSA) is 38.9 Å². The summed E-state index contributed by atoms with van der Waals surface area (Å²) in [6, 6.07) is 10.1. The predicted octanol–water partition coefficient (Wildman–Crippen LogP) is 2.06. The molecule has 0 spiro atoms. The lowest BCUT2D eigenvalue weighted by molar-refractivity contribution is 1.32. The predicted molar refractivity (Wildman–Crippen MR) is 62.2 cm³/mol. The molecule has 2 rings (SSSR count). The molecule has 0 unspecified atom stereocenters. The van der Waals surface area contributed by atoms with Gasteiger partial charge in [-0.1, -0.05) is 30.4 Å². The first-order chi connectivity index (χ1) is 6.75. The minimum atomic E-state index is 0.514. The molecule has 1 aromatic heterocycles. The average Bonchev–Trinajstić information content (AvgIpc) is 2.17. The van der Waals surface area contributed by atoms with E-state index in [1.165, 1.54) is 0 Å². The smallest absolute Gasteiger partial charge is 0.0771 e. The first kappa shape index (κ1) is 9.09. The van der Waals surface area contributed by atoms with E-state index in [0.717, 1.165) is 16.5 Å². The van der Waals surface area contributed by atoms with Gasteiger partial charge in [-0.25, -0.2) is 0 Å². The number of thiocarbonyl (C=S) groups is 1. The van der Waals surface area contributed by atoms with Crippen LogP contribution in [0.15, 0.2) is 36.5 Å². The Balaban J connectivity index is 2.46. The Morgan fingerprint density at radius 3 is 3.00 bits per heavy atom. The van der Waals surface area contributed by atoms with Crippen molar-refractivity contribution in [2.75, 3.05) is 0 Å². The van der Waals surface area contributed by atoms with Crippen LogP contribution in [0.4, 0.5) is 0 Å². The molecular weight excluding hydrogens is 192 g/mol. The maximum atomic E-state index is 5.48. The fraction of sp³-hybridized carbons (Fsp3) is 0.0909. The molecule has 0 atom stereocenters. The summed E-state index contributed by atoms with van der Waals surface area (Å²) in [5.74, 6) is 0. The van der Waals surface area contributed by atoms with Crippen LogP contribution in [0.3, 0.4) is 0 Å². The molecular formula is C11H10N2S. The highest BCUT2D eigenvalue weighted by molar-refractivity contribution is 7.80. The standard InChI is InChI=1S/C11H10N2S/c12-11(14)7-8-3-4-9-2-1-5-13-10(9)6-8/h1-6H,7H2,(H2,12,14). The van der Waals surface area contributed by atoms with Gasteiger partial charge in [0.2, 0.25) is 0 Å². The van der Waals surface area contributed by atoms with Gasteiger partial charge in [0.25, 0.3) is 0 Å². The van der Waals surface area contributed by atoms with Crippen molar-refractivity contribution >= 4 is 28.1 Å². The molecule has 1 heterocycles. The summed E-state index contributed by atoms with van der Waals surface area (Å²) >= 11 is 4.86. The first-order valence-electron chi connectivity index (χ1n) is 4.38. The molecule has 0 saturated carbocycles. The number of aromatic nitrogens is 1. The molecule has 14 heavy (non-hydrogen) atoms. The van der Waals surface area contributed by atoms with Gasteiger partial charge in [0.05, 0.1) is 10.5 Å². The summed E-state index contributed by atoms with van der Waals surface area (Å²) in [5.41, 5.74) is 7.58. The third-order valence-electron chi connectivity index (χ3n) is 2.05. The van der Waals surface area contributed by atoms with E-state index < -0.39 is 0 Å². The van der Waals surface area contributed by atoms with Gasteiger partial charge in [0.1, 0.15) is 0 Å². The van der Waals surface area contributed by atoms with Gasteiger partial charge in [0.15, 0.2) is 0 Å². The second-order valence-corrected chi connectivity index (χ2v) is 3.70. The van der Waals surface area contributed by atoms with Crippen molar-refractivity contribution in [3.05, 3.63) is 42.1 Å². The van der Waals surface area contributed by atoms with Crippen LogP contribution in [-0.4, -0.2) is 9.97 Å². The van der Waals surface area contributed by atoms with Gasteiger partial charge in [-0.2, -0.15) is 0 Å². The fourth-order valence-corrected chi connectivity index (χ4v) is 1.59. The van der Waals surface area contributed by atoms with Crippen molar-refractivity contribution in [1.29, 1.82) is 0 Å². The van der Waals surface area contributed by atoms with Gasteiger partial charge in [0, 0.05) is 18.0 Å². The SMILES string of the molecule is NC(=S)Cc1ccc2cccnc2c1. The fourth-order valence-electron chi connectivity index (χ4n) is 1.42. The lowest BCUT2D eigenvalue weighted by Gasteiger charge is -2.01. The molecule has 2 aromatic rings. The van der Waals surface area contributed by atoms with Gasteiger partial charge in [-0.15, -0.1) is 0 Å². The number of pyridine rings is 1. The highest BCUT2D eigenvalue weighted by Gasteiger charge is 1.97. The van der Waals surface area contributed by atoms with Crippen LogP contribution >= 0.6 is 12.2 Å². The lowest BCUT2D eigenvalue weighted by Crippen LogP contribution is -2.10. The first-order valence-corrected chi connectivity index (χ1v) is 4.78. The van der Waals surface area contributed by atoms with E-state index in [1.54, 1.807) is 6.20 Å². The zero-order valence-electron chi connectivity index (χ0n) is 7.60. The van der Waals surface area contributed by atoms with E-state index in [2.05, 4.69) is 4.98 Å². The number of nitrogens with zero attached hydrogens (tertiary/aromatic N) is 1. The summed E-state index contributed by atoms with van der Waals surface area (Å²) in [5, 5.41) is 1.14. The quantitative estimate of drug-likeness (QED) is 0.758. The minimum Gasteiger partial charge on any atom is -0.393 e. The van der Waals surface area contributed by atoms with Crippen LogP contribution in [0.25, 0.3) is 10.9 Å². The summed E-state index contributed by atoms with van der Waals surface area (Å²) in [6.07, 6.45) is 2.43. The number of hydrogen-bond acceptors (Lipinski definition) is 2. The monoisotopic (exact) mass is 202 g/mol. The number of rotatable bonds is 2. The van der Waals surface area contributed by atoms with Crippen LogP contribution in [0, 0.1) is 0 Å². The Morgan fingerprint density at radius 2 is 2.21 bits per heavy atom. The number of benzene rings is 1. The Bertz CT molecular complexity index is 479. The Labute approximate surface area is 87.8 Å². The molecule has 1 aromatic carbocycles. The third kappa shape index (κ3) is 1.88. The van der Waals surface area contributed by atoms with Crippen LogP contribution < -0.4 is 5.73 Å². The maximum absolute atomic E-state index is 5.48. The van der Waals surface area contributed by atoms with Gasteiger partial charge < -0.3 is 5.73 Å². The highest BCUT2D eigenvalue weighted by atomic mass is 32.1. The van der Waals surface area contributed by atoms with E-state index in [-0.39, 0.29) is 0 Å². The van der Waals surface area contributed by atoms with Crippen molar-refractivity contribution in [3.8, 4) is 0 Å². The molecule has 0 aliphatic heterocycles. The van der Waals surface area contributed by atoms with E-state index in [0.29, 0.717) is 11.4 Å². The molecule has 2 nitrogen and oxygen atoms in total. The number of nitrogens with two attached hydrogens (primary N) is 1. The molecule has 70 valence electrons. The van der Waals surface area contributed by atoms with Gasteiger partial charge in [-0.3, -0.25) is 4.98 Å². The van der Waals surface area contributed by atoms with Crippen LogP contribution in [0.2, 0.25) is 0 Å². The zero-order chi connectivity index (χ0) is 9.97. The third-order valence-corrected chi connectivity index (χ3v) is 2.19. The number of hydrogen-bond donors (Lipinski definition) is 1. The summed E-state index contributed by atoms with van der Waals surface area (Å²) in [6.45, 7) is 0. The van der Waals surface area contributed by atoms with Crippen molar-refractivity contribution in [1.82, 2.24) is 4.98 Å². The molecule has 3 heteroatoms. The molecule has 0 aliphatic rings. The van der Waals surface area contributed by atoms with Gasteiger partial charge in [-0.05, 0) is 17.7 Å². The molecule has 0 amide bonds. The Morgan fingerprint density at radius 1 is 1.36 bits per heavy atom. The van der Waals surface area contributed by atoms with Crippen molar-refractivity contribution in [3.63, 3.8) is 0 Å². The normalized spacial score (nSPS) is 10.3. The number of fused-ring (bicyclic) bond motifs is 1. The van der Waals surface area contributed by atoms with Crippen molar-refractivity contribution in [2.24, 2.45) is 5.73 Å². The zero-order valence-corrected chi connectivity index (χ0v) is 8.42. The maximum Gasteiger partial charge on any atom is 0.0771 e. The van der Waals surface area contributed by atoms with Gasteiger partial charge >= 0.3 is 0 Å². The molecule has 0 radical (unpaired) electrons. The van der Waals surface area contributed by atoms with E-state index in [1.807, 2.05) is 30.3 Å². The van der Waals surface area contributed by atoms with Crippen molar-refractivity contribution < 1.29 is 0 Å². The van der Waals surface area contributed by atoms with Crippen LogP contribution in [0.5, 0.6) is 0 Å². The highest BCUT2D eigenvalue weighted by Crippen LogP contribution is 2.13. The largest absolute Gasteiger partial charge is 0.393 e. The molecule has 2 N–H and O–H groups in total. The minimum absolute atomic E-state index is 0.514.